The molecule has 5 nitrogen and oxygen atoms in total. The van der Waals surface area contributed by atoms with Gasteiger partial charge in [-0.1, -0.05) is 36.4 Å². The molecule has 1 aliphatic rings. The van der Waals surface area contributed by atoms with Crippen molar-refractivity contribution >= 4 is 11.7 Å². The maximum atomic E-state index is 12.0. The Bertz CT molecular complexity index is 689. The zero-order valence-electron chi connectivity index (χ0n) is 14.0. The molecule has 2 heterocycles. The van der Waals surface area contributed by atoms with Gasteiger partial charge in [-0.15, -0.1) is 0 Å². The number of aromatic nitrogens is 1. The zero-order valence-corrected chi connectivity index (χ0v) is 14.0. The number of hydrogen-bond acceptors (Lipinski definition) is 4. The second-order valence-electron chi connectivity index (χ2n) is 6.41. The lowest BCUT2D eigenvalue weighted by Crippen LogP contribution is -2.36. The van der Waals surface area contributed by atoms with E-state index in [-0.39, 0.29) is 11.9 Å². The van der Waals surface area contributed by atoms with Gasteiger partial charge in [0.1, 0.15) is 11.9 Å². The maximum absolute atomic E-state index is 12.0. The summed E-state index contributed by atoms with van der Waals surface area (Å²) in [7, 11) is 0. The van der Waals surface area contributed by atoms with Crippen molar-refractivity contribution in [1.29, 1.82) is 0 Å². The summed E-state index contributed by atoms with van der Waals surface area (Å²) in [6, 6.07) is 15.4. The Hall–Kier alpha value is -2.40. The summed E-state index contributed by atoms with van der Waals surface area (Å²) >= 11 is 0. The first-order valence-electron chi connectivity index (χ1n) is 8.39. The van der Waals surface area contributed by atoms with E-state index >= 15 is 0 Å². The van der Waals surface area contributed by atoms with E-state index in [1.54, 1.807) is 0 Å². The molecular formula is C19H24N4O. The normalized spacial score (nSPS) is 19.1. The van der Waals surface area contributed by atoms with Crippen LogP contribution in [0.25, 0.3) is 0 Å². The van der Waals surface area contributed by atoms with Crippen LogP contribution in [0.2, 0.25) is 0 Å². The number of carbonyl (C=O) groups excluding carboxylic acids is 1. The van der Waals surface area contributed by atoms with Crippen LogP contribution in [-0.4, -0.2) is 35.4 Å². The molecule has 0 radical (unpaired) electrons. The van der Waals surface area contributed by atoms with Crippen LogP contribution in [0, 0.1) is 12.8 Å². The first kappa shape index (κ1) is 16.5. The zero-order chi connectivity index (χ0) is 16.9. The largest absolute Gasteiger partial charge is 0.370 e. The van der Waals surface area contributed by atoms with Gasteiger partial charge in [0.05, 0.1) is 0 Å². The van der Waals surface area contributed by atoms with E-state index in [4.69, 9.17) is 5.73 Å². The predicted molar refractivity (Wildman–Crippen MR) is 95.5 cm³/mol. The number of hydrogen-bond donors (Lipinski definition) is 2. The van der Waals surface area contributed by atoms with Gasteiger partial charge in [0.25, 0.3) is 0 Å². The van der Waals surface area contributed by atoms with Gasteiger partial charge >= 0.3 is 0 Å². The van der Waals surface area contributed by atoms with Crippen molar-refractivity contribution in [3.8, 4) is 0 Å². The highest BCUT2D eigenvalue weighted by Gasteiger charge is 2.32. The molecule has 24 heavy (non-hydrogen) atoms. The maximum Gasteiger partial charge on any atom is 0.239 e. The predicted octanol–water partition coefficient (Wildman–Crippen LogP) is 2.35. The van der Waals surface area contributed by atoms with Gasteiger partial charge in [-0.05, 0) is 43.5 Å². The van der Waals surface area contributed by atoms with Crippen LogP contribution < -0.4 is 11.1 Å². The Balaban J connectivity index is 1.60. The third-order valence-electron chi connectivity index (χ3n) is 4.53. The van der Waals surface area contributed by atoms with Gasteiger partial charge in [0.2, 0.25) is 5.91 Å². The summed E-state index contributed by atoms with van der Waals surface area (Å²) in [4.78, 5) is 18.6. The number of nitrogens with two attached hydrogens (primary N) is 1. The number of amides is 1. The Kier molecular flexibility index (Phi) is 5.11. The minimum Gasteiger partial charge on any atom is -0.370 e. The molecule has 3 rings (SSSR count). The van der Waals surface area contributed by atoms with E-state index in [1.807, 2.05) is 55.5 Å². The Morgan fingerprint density at radius 3 is 2.79 bits per heavy atom. The number of pyridine rings is 1. The molecule has 2 unspecified atom stereocenters. The molecule has 1 aromatic heterocycles. The molecule has 1 aromatic carbocycles. The van der Waals surface area contributed by atoms with E-state index in [1.165, 1.54) is 0 Å². The highest BCUT2D eigenvalue weighted by atomic mass is 16.1. The number of carbonyl (C=O) groups is 1. The van der Waals surface area contributed by atoms with E-state index in [9.17, 15) is 4.79 Å². The summed E-state index contributed by atoms with van der Waals surface area (Å²) in [6.45, 7) is 4.59. The van der Waals surface area contributed by atoms with Gasteiger partial charge in [0.15, 0.2) is 0 Å². The highest BCUT2D eigenvalue weighted by molar-refractivity contribution is 5.81. The lowest BCUT2D eigenvalue weighted by molar-refractivity contribution is -0.123. The quantitative estimate of drug-likeness (QED) is 0.855. The van der Waals surface area contributed by atoms with Gasteiger partial charge in [0, 0.05) is 18.8 Å². The molecule has 0 spiro atoms. The summed E-state index contributed by atoms with van der Waals surface area (Å²) in [6.07, 6.45) is 1.05. The Labute approximate surface area is 142 Å². The monoisotopic (exact) mass is 324 g/mol. The van der Waals surface area contributed by atoms with Crippen LogP contribution in [0.3, 0.4) is 0 Å². The summed E-state index contributed by atoms with van der Waals surface area (Å²) < 4.78 is 0. The molecule has 5 heteroatoms. The Morgan fingerprint density at radius 1 is 1.29 bits per heavy atom. The third kappa shape index (κ3) is 3.92. The fourth-order valence-electron chi connectivity index (χ4n) is 3.34. The topological polar surface area (TPSA) is 71.2 Å². The van der Waals surface area contributed by atoms with Crippen molar-refractivity contribution in [3.05, 3.63) is 59.8 Å². The third-order valence-corrected chi connectivity index (χ3v) is 4.53. The van der Waals surface area contributed by atoms with Crippen molar-refractivity contribution in [2.24, 2.45) is 11.7 Å². The van der Waals surface area contributed by atoms with Crippen LogP contribution >= 0.6 is 0 Å². The van der Waals surface area contributed by atoms with Crippen molar-refractivity contribution in [3.63, 3.8) is 0 Å². The number of nitrogens with zero attached hydrogens (tertiary/aromatic N) is 2. The van der Waals surface area contributed by atoms with Gasteiger partial charge in [-0.2, -0.15) is 0 Å². The number of benzene rings is 1. The number of nitrogens with one attached hydrogen (secondary N) is 1. The molecule has 1 amide bonds. The van der Waals surface area contributed by atoms with Gasteiger partial charge in [-0.25, -0.2) is 4.98 Å². The van der Waals surface area contributed by atoms with Crippen molar-refractivity contribution in [2.45, 2.75) is 19.4 Å². The SMILES string of the molecule is Cc1cccc(NCC2CCN(C(C(N)=O)c3ccccc3)C2)n1. The average molecular weight is 324 g/mol. The minimum absolute atomic E-state index is 0.282. The molecule has 0 aliphatic carbocycles. The molecular weight excluding hydrogens is 300 g/mol. The molecule has 1 fully saturated rings. The van der Waals surface area contributed by atoms with E-state index < -0.39 is 0 Å². The standard InChI is InChI=1S/C19H24N4O/c1-14-6-5-9-17(22-14)21-12-15-10-11-23(13-15)18(19(20)24)16-7-3-2-4-8-16/h2-9,15,18H,10-13H2,1H3,(H2,20,24)(H,21,22). The number of anilines is 1. The van der Waals surface area contributed by atoms with Crippen LogP contribution in [0.5, 0.6) is 0 Å². The average Bonchev–Trinajstić information content (AvgIpc) is 3.02. The summed E-state index contributed by atoms with van der Waals surface area (Å²) in [5.74, 6) is 1.11. The van der Waals surface area contributed by atoms with E-state index in [0.29, 0.717) is 5.92 Å². The molecule has 126 valence electrons. The molecule has 0 bridgehead atoms. The summed E-state index contributed by atoms with van der Waals surface area (Å²) in [5.41, 5.74) is 7.65. The first-order chi connectivity index (χ1) is 11.6. The van der Waals surface area contributed by atoms with Crippen LogP contribution in [-0.2, 0) is 4.79 Å². The number of rotatable bonds is 6. The van der Waals surface area contributed by atoms with Crippen LogP contribution in [0.1, 0.15) is 23.7 Å². The number of aryl methyl sites for hydroxylation is 1. The second kappa shape index (κ2) is 7.45. The van der Waals surface area contributed by atoms with Crippen molar-refractivity contribution in [1.82, 2.24) is 9.88 Å². The molecule has 1 aliphatic heterocycles. The summed E-state index contributed by atoms with van der Waals surface area (Å²) in [5, 5.41) is 3.40. The van der Waals surface area contributed by atoms with E-state index in [0.717, 1.165) is 43.1 Å². The molecule has 0 saturated carbocycles. The van der Waals surface area contributed by atoms with Crippen LogP contribution in [0.4, 0.5) is 5.82 Å². The van der Waals surface area contributed by atoms with Crippen molar-refractivity contribution < 1.29 is 4.79 Å². The van der Waals surface area contributed by atoms with Crippen LogP contribution in [0.15, 0.2) is 48.5 Å². The molecule has 1 saturated heterocycles. The lowest BCUT2D eigenvalue weighted by atomic mass is 10.0. The second-order valence-corrected chi connectivity index (χ2v) is 6.41. The first-order valence-corrected chi connectivity index (χ1v) is 8.39. The highest BCUT2D eigenvalue weighted by Crippen LogP contribution is 2.27. The van der Waals surface area contributed by atoms with Crippen molar-refractivity contribution in [2.75, 3.05) is 25.0 Å². The molecule has 3 N–H and O–H groups in total. The smallest absolute Gasteiger partial charge is 0.239 e. The number of likely N-dealkylation sites (tertiary alicyclic amines) is 1. The van der Waals surface area contributed by atoms with E-state index in [2.05, 4.69) is 15.2 Å². The van der Waals surface area contributed by atoms with Gasteiger partial charge < -0.3 is 11.1 Å². The minimum atomic E-state index is -0.340. The number of primary amides is 1. The lowest BCUT2D eigenvalue weighted by Gasteiger charge is -2.25. The Morgan fingerprint density at radius 2 is 2.08 bits per heavy atom. The molecule has 2 atom stereocenters. The van der Waals surface area contributed by atoms with Gasteiger partial charge in [-0.3, -0.25) is 9.69 Å². The molecule has 2 aromatic rings. The fourth-order valence-corrected chi connectivity index (χ4v) is 3.34. The fraction of sp³-hybridized carbons (Fsp3) is 0.368.